The van der Waals surface area contributed by atoms with Crippen LogP contribution in [-0.4, -0.2) is 34.3 Å². The maximum Gasteiger partial charge on any atom is 0.339 e. The molecule has 0 aliphatic heterocycles. The smallest absolute Gasteiger partial charge is 0.339 e. The van der Waals surface area contributed by atoms with Gasteiger partial charge in [-0.15, -0.1) is 0 Å². The van der Waals surface area contributed by atoms with E-state index in [0.29, 0.717) is 17.1 Å². The van der Waals surface area contributed by atoms with Gasteiger partial charge in [-0.3, -0.25) is 0 Å². The molecule has 19 heavy (non-hydrogen) atoms. The second kappa shape index (κ2) is 5.17. The second-order valence-electron chi connectivity index (χ2n) is 5.63. The highest BCUT2D eigenvalue weighted by atomic mass is 16.5. The highest BCUT2D eigenvalue weighted by Crippen LogP contribution is 2.25. The molecular formula is C14H22N2O3. The van der Waals surface area contributed by atoms with Crippen LogP contribution in [0.3, 0.4) is 0 Å². The van der Waals surface area contributed by atoms with E-state index in [1.165, 1.54) is 7.11 Å². The number of aromatic nitrogens is 1. The molecule has 5 nitrogen and oxygen atoms in total. The molecular weight excluding hydrogens is 244 g/mol. The first-order valence-electron chi connectivity index (χ1n) is 6.15. The molecule has 0 saturated carbocycles. The third kappa shape index (κ3) is 3.44. The van der Waals surface area contributed by atoms with Crippen molar-refractivity contribution >= 4 is 11.8 Å². The van der Waals surface area contributed by atoms with Crippen molar-refractivity contribution in [1.29, 1.82) is 0 Å². The fourth-order valence-corrected chi connectivity index (χ4v) is 1.43. The molecule has 0 aliphatic rings. The lowest BCUT2D eigenvalue weighted by atomic mass is 9.86. The number of nitrogens with one attached hydrogen (secondary N) is 1. The molecule has 0 unspecified atom stereocenters. The first-order chi connectivity index (χ1) is 8.58. The number of anilines is 1. The number of hydrogen-bond acceptors (Lipinski definition) is 5. The van der Waals surface area contributed by atoms with Gasteiger partial charge in [0, 0.05) is 0 Å². The van der Waals surface area contributed by atoms with Crippen LogP contribution in [0.4, 0.5) is 5.82 Å². The van der Waals surface area contributed by atoms with Gasteiger partial charge in [0.2, 0.25) is 0 Å². The topological polar surface area (TPSA) is 71.5 Å². The Morgan fingerprint density at radius 1 is 1.32 bits per heavy atom. The minimum Gasteiger partial charge on any atom is -0.465 e. The van der Waals surface area contributed by atoms with E-state index in [1.54, 1.807) is 32.9 Å². The van der Waals surface area contributed by atoms with Gasteiger partial charge >= 0.3 is 5.97 Å². The van der Waals surface area contributed by atoms with E-state index in [4.69, 9.17) is 0 Å². The second-order valence-corrected chi connectivity index (χ2v) is 5.63. The Balaban J connectivity index is 3.00. The molecule has 0 spiro atoms. The number of hydrogen-bond donors (Lipinski definition) is 2. The lowest BCUT2D eigenvalue weighted by molar-refractivity contribution is 0.0238. The highest BCUT2D eigenvalue weighted by Gasteiger charge is 2.35. The number of carbonyl (C=O) groups is 1. The number of ether oxygens (including phenoxy) is 1. The van der Waals surface area contributed by atoms with Gasteiger partial charge in [-0.05, 0) is 46.8 Å². The number of methoxy groups -OCH3 is 1. The number of aryl methyl sites for hydroxylation is 1. The van der Waals surface area contributed by atoms with E-state index in [9.17, 15) is 9.90 Å². The van der Waals surface area contributed by atoms with Crippen LogP contribution in [-0.2, 0) is 4.74 Å². The van der Waals surface area contributed by atoms with Gasteiger partial charge in [0.05, 0.1) is 29.5 Å². The third-order valence-corrected chi connectivity index (χ3v) is 3.46. The van der Waals surface area contributed by atoms with Crippen molar-refractivity contribution in [3.05, 3.63) is 23.4 Å². The molecule has 1 heterocycles. The number of carbonyl (C=O) groups excluding carboxylic acids is 1. The Bertz CT molecular complexity index is 476. The Morgan fingerprint density at radius 2 is 1.89 bits per heavy atom. The summed E-state index contributed by atoms with van der Waals surface area (Å²) < 4.78 is 4.67. The van der Waals surface area contributed by atoms with E-state index in [0.717, 1.165) is 0 Å². The number of rotatable bonds is 4. The quantitative estimate of drug-likeness (QED) is 0.817. The molecule has 1 rings (SSSR count). The minimum atomic E-state index is -0.913. The van der Waals surface area contributed by atoms with Crippen molar-refractivity contribution in [2.24, 2.45) is 0 Å². The van der Waals surface area contributed by atoms with E-state index in [1.807, 2.05) is 13.8 Å². The monoisotopic (exact) mass is 266 g/mol. The van der Waals surface area contributed by atoms with E-state index in [2.05, 4.69) is 15.0 Å². The fraction of sp³-hybridized carbons (Fsp3) is 0.571. The Kier molecular flexibility index (Phi) is 4.20. The molecule has 106 valence electrons. The van der Waals surface area contributed by atoms with Crippen molar-refractivity contribution in [2.45, 2.75) is 45.8 Å². The van der Waals surface area contributed by atoms with Crippen LogP contribution in [0, 0.1) is 6.92 Å². The average molecular weight is 266 g/mol. The summed E-state index contributed by atoms with van der Waals surface area (Å²) in [5.74, 6) is 0.204. The lowest BCUT2D eigenvalue weighted by Gasteiger charge is -2.38. The van der Waals surface area contributed by atoms with Crippen LogP contribution >= 0.6 is 0 Å². The minimum absolute atomic E-state index is 0.404. The van der Waals surface area contributed by atoms with Gasteiger partial charge in [-0.25, -0.2) is 9.78 Å². The molecule has 0 radical (unpaired) electrons. The summed E-state index contributed by atoms with van der Waals surface area (Å²) in [6.45, 7) is 8.98. The number of aliphatic hydroxyl groups is 1. The highest BCUT2D eigenvalue weighted by molar-refractivity contribution is 5.90. The maximum atomic E-state index is 11.5. The van der Waals surface area contributed by atoms with Crippen molar-refractivity contribution < 1.29 is 14.6 Å². The molecule has 0 aromatic carbocycles. The van der Waals surface area contributed by atoms with E-state index in [-0.39, 0.29) is 0 Å². The molecule has 0 aliphatic carbocycles. The molecule has 0 saturated heterocycles. The largest absolute Gasteiger partial charge is 0.465 e. The molecule has 0 fully saturated rings. The van der Waals surface area contributed by atoms with Gasteiger partial charge in [0.25, 0.3) is 0 Å². The molecule has 0 bridgehead atoms. The van der Waals surface area contributed by atoms with Crippen LogP contribution in [0.5, 0.6) is 0 Å². The predicted octanol–water partition coefficient (Wildman–Crippen LogP) is 2.14. The van der Waals surface area contributed by atoms with Gasteiger partial charge in [-0.1, -0.05) is 0 Å². The zero-order valence-electron chi connectivity index (χ0n) is 12.4. The van der Waals surface area contributed by atoms with Gasteiger partial charge in [-0.2, -0.15) is 0 Å². The van der Waals surface area contributed by atoms with E-state index >= 15 is 0 Å². The number of pyridine rings is 1. The van der Waals surface area contributed by atoms with E-state index < -0.39 is 17.1 Å². The summed E-state index contributed by atoms with van der Waals surface area (Å²) in [7, 11) is 1.34. The molecule has 0 atom stereocenters. The maximum absolute atomic E-state index is 11.5. The van der Waals surface area contributed by atoms with Crippen molar-refractivity contribution in [3.8, 4) is 0 Å². The van der Waals surface area contributed by atoms with Gasteiger partial charge in [0.15, 0.2) is 0 Å². The van der Waals surface area contributed by atoms with Crippen LogP contribution in [0.15, 0.2) is 12.1 Å². The first kappa shape index (κ1) is 15.4. The zero-order chi connectivity index (χ0) is 14.8. The molecule has 0 amide bonds. The summed E-state index contributed by atoms with van der Waals surface area (Å²) in [6.07, 6.45) is 0. The number of nitrogens with zero attached hydrogens (tertiary/aromatic N) is 1. The predicted molar refractivity (Wildman–Crippen MR) is 74.3 cm³/mol. The summed E-state index contributed by atoms with van der Waals surface area (Å²) >= 11 is 0. The first-order valence-corrected chi connectivity index (χ1v) is 6.15. The normalized spacial score (nSPS) is 12.2. The van der Waals surface area contributed by atoms with Crippen molar-refractivity contribution in [3.63, 3.8) is 0 Å². The molecule has 2 N–H and O–H groups in total. The van der Waals surface area contributed by atoms with Crippen LogP contribution in [0.25, 0.3) is 0 Å². The standard InChI is InChI=1S/C14H22N2O3/c1-9-10(12(17)19-6)7-8-11(15-9)16-13(2,3)14(4,5)18/h7-8,18H,1-6H3,(H,15,16). The lowest BCUT2D eigenvalue weighted by Crippen LogP contribution is -2.51. The SMILES string of the molecule is COC(=O)c1ccc(NC(C)(C)C(C)(C)O)nc1C. The Labute approximate surface area is 114 Å². The van der Waals surface area contributed by atoms with Gasteiger partial charge < -0.3 is 15.2 Å². The summed E-state index contributed by atoms with van der Waals surface area (Å²) in [4.78, 5) is 15.8. The molecule has 1 aromatic rings. The van der Waals surface area contributed by atoms with Crippen LogP contribution in [0.1, 0.15) is 43.7 Å². The molecule has 1 aromatic heterocycles. The summed E-state index contributed by atoms with van der Waals surface area (Å²) in [5.41, 5.74) is -0.444. The van der Waals surface area contributed by atoms with Crippen molar-refractivity contribution in [1.82, 2.24) is 4.98 Å². The van der Waals surface area contributed by atoms with Crippen LogP contribution < -0.4 is 5.32 Å². The van der Waals surface area contributed by atoms with Gasteiger partial charge in [0.1, 0.15) is 5.82 Å². The molecule has 5 heteroatoms. The fourth-order valence-electron chi connectivity index (χ4n) is 1.43. The third-order valence-electron chi connectivity index (χ3n) is 3.46. The number of esters is 1. The summed E-state index contributed by atoms with van der Waals surface area (Å²) in [6, 6.07) is 3.36. The summed E-state index contributed by atoms with van der Waals surface area (Å²) in [5, 5.41) is 13.3. The van der Waals surface area contributed by atoms with Crippen LogP contribution in [0.2, 0.25) is 0 Å². The average Bonchev–Trinajstić information content (AvgIpc) is 2.26. The Morgan fingerprint density at radius 3 is 2.32 bits per heavy atom. The van der Waals surface area contributed by atoms with Crippen molar-refractivity contribution in [2.75, 3.05) is 12.4 Å². The zero-order valence-corrected chi connectivity index (χ0v) is 12.4. The Hall–Kier alpha value is -1.62.